The molecule has 0 radical (unpaired) electrons. The number of hydrogen-bond acceptors (Lipinski definition) is 3. The molecule has 3 heteroatoms. The van der Waals surface area contributed by atoms with Crippen molar-refractivity contribution in [3.05, 3.63) is 47.3 Å². The van der Waals surface area contributed by atoms with Crippen molar-refractivity contribution < 1.29 is 0 Å². The van der Waals surface area contributed by atoms with E-state index < -0.39 is 0 Å². The van der Waals surface area contributed by atoms with Gasteiger partial charge in [-0.1, -0.05) is 84.1 Å². The lowest BCUT2D eigenvalue weighted by molar-refractivity contribution is 0.249. The zero-order chi connectivity index (χ0) is 22.6. The Morgan fingerprint density at radius 1 is 0.812 bits per heavy atom. The molecule has 172 valence electrons. The van der Waals surface area contributed by atoms with Crippen molar-refractivity contribution in [1.29, 1.82) is 5.26 Å². The van der Waals surface area contributed by atoms with Gasteiger partial charge in [0.15, 0.2) is 5.82 Å². The molecule has 32 heavy (non-hydrogen) atoms. The smallest absolute Gasteiger partial charge is 0.160 e. The van der Waals surface area contributed by atoms with E-state index in [0.717, 1.165) is 30.2 Å². The molecular formula is C29H41N3. The lowest BCUT2D eigenvalue weighted by atomic mass is 9.78. The number of nitrogens with zero attached hydrogens (tertiary/aromatic N) is 3. The van der Waals surface area contributed by atoms with Gasteiger partial charge in [-0.05, 0) is 60.8 Å². The first kappa shape index (κ1) is 24.4. The normalized spacial score (nSPS) is 18.4. The van der Waals surface area contributed by atoms with E-state index in [1.54, 1.807) is 0 Å². The van der Waals surface area contributed by atoms with Crippen molar-refractivity contribution in [1.82, 2.24) is 9.97 Å². The molecule has 1 aromatic carbocycles. The highest BCUT2D eigenvalue weighted by atomic mass is 14.9. The van der Waals surface area contributed by atoms with Crippen molar-refractivity contribution in [2.24, 2.45) is 11.8 Å². The van der Waals surface area contributed by atoms with Gasteiger partial charge in [0.1, 0.15) is 0 Å². The van der Waals surface area contributed by atoms with Gasteiger partial charge in [0, 0.05) is 18.0 Å². The van der Waals surface area contributed by atoms with Gasteiger partial charge in [-0.2, -0.15) is 5.26 Å². The van der Waals surface area contributed by atoms with Gasteiger partial charge in [0.05, 0.1) is 11.6 Å². The number of nitriles is 1. The van der Waals surface area contributed by atoms with Crippen LogP contribution >= 0.6 is 0 Å². The average Bonchev–Trinajstić information content (AvgIpc) is 2.84. The van der Waals surface area contributed by atoms with E-state index >= 15 is 0 Å². The Hall–Kier alpha value is -2.21. The fourth-order valence-corrected chi connectivity index (χ4v) is 5.10. The molecule has 3 rings (SSSR count). The molecule has 0 N–H and O–H groups in total. The molecule has 1 heterocycles. The van der Waals surface area contributed by atoms with Gasteiger partial charge in [-0.15, -0.1) is 0 Å². The standard InChI is InChI=1S/C29H41N3/c1-3-5-7-9-23-11-13-24(14-12-23)15-16-26-21-31-29(32-22-26)28-18-17-25(10-8-6-4-2)19-27(28)20-30/h17-19,21-24H,3-16H2,1-2H3. The zero-order valence-electron chi connectivity index (χ0n) is 20.3. The molecule has 0 bridgehead atoms. The molecule has 1 aromatic heterocycles. The Morgan fingerprint density at radius 2 is 1.47 bits per heavy atom. The lowest BCUT2D eigenvalue weighted by Gasteiger charge is -2.28. The minimum absolute atomic E-state index is 0.665. The Bertz CT molecular complexity index is 842. The van der Waals surface area contributed by atoms with Gasteiger partial charge in [0.2, 0.25) is 0 Å². The maximum Gasteiger partial charge on any atom is 0.160 e. The molecule has 3 nitrogen and oxygen atoms in total. The number of aryl methyl sites for hydroxylation is 2. The molecule has 0 atom stereocenters. The molecule has 1 aliphatic rings. The van der Waals surface area contributed by atoms with Gasteiger partial charge in [-0.25, -0.2) is 9.97 Å². The van der Waals surface area contributed by atoms with Crippen LogP contribution in [0.5, 0.6) is 0 Å². The summed E-state index contributed by atoms with van der Waals surface area (Å²) >= 11 is 0. The molecule has 0 spiro atoms. The maximum absolute atomic E-state index is 9.63. The molecule has 1 saturated carbocycles. The minimum atomic E-state index is 0.665. The van der Waals surface area contributed by atoms with Crippen LogP contribution in [-0.2, 0) is 12.8 Å². The van der Waals surface area contributed by atoms with Crippen molar-refractivity contribution in [2.75, 3.05) is 0 Å². The molecule has 0 amide bonds. The Kier molecular flexibility index (Phi) is 10.2. The molecule has 0 saturated heterocycles. The largest absolute Gasteiger partial charge is 0.236 e. The van der Waals surface area contributed by atoms with Crippen molar-refractivity contribution in [3.63, 3.8) is 0 Å². The third-order valence-electron chi connectivity index (χ3n) is 7.24. The lowest BCUT2D eigenvalue weighted by Crippen LogP contribution is -2.15. The Balaban J connectivity index is 1.50. The third-order valence-corrected chi connectivity index (χ3v) is 7.24. The van der Waals surface area contributed by atoms with Gasteiger partial charge in [0.25, 0.3) is 0 Å². The van der Waals surface area contributed by atoms with Gasteiger partial charge >= 0.3 is 0 Å². The van der Waals surface area contributed by atoms with Crippen LogP contribution in [0.1, 0.15) is 108 Å². The van der Waals surface area contributed by atoms with Crippen LogP contribution in [0.3, 0.4) is 0 Å². The monoisotopic (exact) mass is 431 g/mol. The van der Waals surface area contributed by atoms with E-state index in [0.29, 0.717) is 11.4 Å². The first-order valence-electron chi connectivity index (χ1n) is 13.1. The molecular weight excluding hydrogens is 390 g/mol. The van der Waals surface area contributed by atoms with E-state index in [1.807, 2.05) is 24.5 Å². The van der Waals surface area contributed by atoms with E-state index in [-0.39, 0.29) is 0 Å². The van der Waals surface area contributed by atoms with Crippen LogP contribution in [0.2, 0.25) is 0 Å². The average molecular weight is 432 g/mol. The number of benzene rings is 1. The second kappa shape index (κ2) is 13.4. The summed E-state index contributed by atoms with van der Waals surface area (Å²) in [5, 5.41) is 9.63. The van der Waals surface area contributed by atoms with Crippen LogP contribution < -0.4 is 0 Å². The second-order valence-corrected chi connectivity index (χ2v) is 9.78. The van der Waals surface area contributed by atoms with Crippen molar-refractivity contribution in [3.8, 4) is 17.5 Å². The number of hydrogen-bond donors (Lipinski definition) is 0. The van der Waals surface area contributed by atoms with Crippen LogP contribution in [0.4, 0.5) is 0 Å². The van der Waals surface area contributed by atoms with Crippen LogP contribution in [0.15, 0.2) is 30.6 Å². The first-order chi connectivity index (χ1) is 15.7. The SMILES string of the molecule is CCCCCc1ccc(-c2ncc(CCC3CCC(CCCCC)CC3)cn2)c(C#N)c1. The fourth-order valence-electron chi connectivity index (χ4n) is 5.10. The minimum Gasteiger partial charge on any atom is -0.236 e. The number of rotatable bonds is 12. The van der Waals surface area contributed by atoms with E-state index in [1.165, 1.54) is 88.2 Å². The van der Waals surface area contributed by atoms with Crippen molar-refractivity contribution in [2.45, 2.75) is 104 Å². The molecule has 0 aliphatic heterocycles. The second-order valence-electron chi connectivity index (χ2n) is 9.78. The van der Waals surface area contributed by atoms with E-state index in [9.17, 15) is 5.26 Å². The summed E-state index contributed by atoms with van der Waals surface area (Å²) in [6.45, 7) is 4.51. The first-order valence-corrected chi connectivity index (χ1v) is 13.1. The highest BCUT2D eigenvalue weighted by Crippen LogP contribution is 2.34. The summed E-state index contributed by atoms with van der Waals surface area (Å²) in [7, 11) is 0. The number of unbranched alkanes of at least 4 members (excludes halogenated alkanes) is 4. The molecule has 1 aliphatic carbocycles. The summed E-state index contributed by atoms with van der Waals surface area (Å²) in [4.78, 5) is 9.24. The van der Waals surface area contributed by atoms with Gasteiger partial charge < -0.3 is 0 Å². The van der Waals surface area contributed by atoms with Crippen LogP contribution in [0, 0.1) is 23.2 Å². The van der Waals surface area contributed by atoms with Gasteiger partial charge in [-0.3, -0.25) is 0 Å². The van der Waals surface area contributed by atoms with E-state index in [4.69, 9.17) is 0 Å². The topological polar surface area (TPSA) is 49.6 Å². The maximum atomic E-state index is 9.63. The quantitative estimate of drug-likeness (QED) is 0.319. The Morgan fingerprint density at radius 3 is 2.12 bits per heavy atom. The summed E-state index contributed by atoms with van der Waals surface area (Å²) in [6.07, 6.45) is 22.1. The summed E-state index contributed by atoms with van der Waals surface area (Å²) in [5.74, 6) is 2.51. The molecule has 2 aromatic rings. The summed E-state index contributed by atoms with van der Waals surface area (Å²) in [5.41, 5.74) is 3.98. The highest BCUT2D eigenvalue weighted by molar-refractivity contribution is 5.65. The predicted octanol–water partition coefficient (Wildman–Crippen LogP) is 8.07. The molecule has 1 fully saturated rings. The predicted molar refractivity (Wildman–Crippen MR) is 133 cm³/mol. The van der Waals surface area contributed by atoms with E-state index in [2.05, 4.69) is 36.0 Å². The molecule has 0 unspecified atom stereocenters. The van der Waals surface area contributed by atoms with Crippen LogP contribution in [0.25, 0.3) is 11.4 Å². The third kappa shape index (κ3) is 7.44. The highest BCUT2D eigenvalue weighted by Gasteiger charge is 2.20. The zero-order valence-corrected chi connectivity index (χ0v) is 20.3. The van der Waals surface area contributed by atoms with Crippen molar-refractivity contribution >= 4 is 0 Å². The number of aromatic nitrogens is 2. The summed E-state index contributed by atoms with van der Waals surface area (Å²) < 4.78 is 0. The Labute approximate surface area is 195 Å². The van der Waals surface area contributed by atoms with Crippen LogP contribution in [-0.4, -0.2) is 9.97 Å². The summed E-state index contributed by atoms with van der Waals surface area (Å²) in [6, 6.07) is 8.51. The fraction of sp³-hybridized carbons (Fsp3) is 0.621.